The van der Waals surface area contributed by atoms with Crippen molar-refractivity contribution in [2.75, 3.05) is 18.4 Å². The third-order valence-corrected chi connectivity index (χ3v) is 3.70. The van der Waals surface area contributed by atoms with Crippen molar-refractivity contribution in [2.45, 2.75) is 38.4 Å². The first-order chi connectivity index (χ1) is 11.9. The van der Waals surface area contributed by atoms with Crippen LogP contribution in [-0.4, -0.2) is 51.4 Å². The Balaban J connectivity index is 1.66. The summed E-state index contributed by atoms with van der Waals surface area (Å²) in [5.41, 5.74) is -1.48. The Hall–Kier alpha value is -2.49. The fourth-order valence-corrected chi connectivity index (χ4v) is 2.51. The van der Waals surface area contributed by atoms with Gasteiger partial charge in [0, 0.05) is 26.0 Å². The van der Waals surface area contributed by atoms with Gasteiger partial charge in [-0.15, -0.1) is 5.10 Å². The van der Waals surface area contributed by atoms with Crippen molar-refractivity contribution < 1.29 is 18.3 Å². The average molecular weight is 354 g/mol. The van der Waals surface area contributed by atoms with Gasteiger partial charge in [-0.3, -0.25) is 10.1 Å². The molecule has 1 fully saturated rings. The largest absolute Gasteiger partial charge is 0.470 e. The van der Waals surface area contributed by atoms with Gasteiger partial charge in [0.2, 0.25) is 18.1 Å². The fourth-order valence-electron chi connectivity index (χ4n) is 2.51. The predicted molar refractivity (Wildman–Crippen MR) is 86.5 cm³/mol. The molecular weight excluding hydrogens is 334 g/mol. The molecular formula is C15H20F2N6O2. The van der Waals surface area contributed by atoms with Gasteiger partial charge in [-0.05, 0) is 13.5 Å². The lowest BCUT2D eigenvalue weighted by Gasteiger charge is -2.34. The SMILES string of the molecule is CC(F)Oc1cc(Nc2cncc(O[C@@H]3CCNC[C@@]3(C)F)n2)[nH]n1. The molecule has 1 unspecified atom stereocenters. The van der Waals surface area contributed by atoms with Crippen LogP contribution in [-0.2, 0) is 0 Å². The zero-order chi connectivity index (χ0) is 17.9. The topological polar surface area (TPSA) is 97.0 Å². The summed E-state index contributed by atoms with van der Waals surface area (Å²) in [7, 11) is 0. The molecule has 8 nitrogen and oxygen atoms in total. The van der Waals surface area contributed by atoms with Gasteiger partial charge in [0.05, 0.1) is 12.4 Å². The van der Waals surface area contributed by atoms with Crippen LogP contribution >= 0.6 is 0 Å². The predicted octanol–water partition coefficient (Wildman–Crippen LogP) is 2.11. The second kappa shape index (κ2) is 7.18. The van der Waals surface area contributed by atoms with Crippen LogP contribution < -0.4 is 20.1 Å². The lowest BCUT2D eigenvalue weighted by molar-refractivity contribution is -0.00241. The highest BCUT2D eigenvalue weighted by Gasteiger charge is 2.38. The van der Waals surface area contributed by atoms with Gasteiger partial charge < -0.3 is 20.1 Å². The molecule has 2 aromatic heterocycles. The third kappa shape index (κ3) is 4.53. The summed E-state index contributed by atoms with van der Waals surface area (Å²) < 4.78 is 37.8. The molecule has 0 aliphatic carbocycles. The Kier molecular flexibility index (Phi) is 4.98. The number of hydrogen-bond donors (Lipinski definition) is 3. The van der Waals surface area contributed by atoms with E-state index >= 15 is 0 Å². The summed E-state index contributed by atoms with van der Waals surface area (Å²) >= 11 is 0. The van der Waals surface area contributed by atoms with Gasteiger partial charge in [-0.1, -0.05) is 0 Å². The maximum absolute atomic E-state index is 14.5. The van der Waals surface area contributed by atoms with Crippen molar-refractivity contribution >= 4 is 11.6 Å². The smallest absolute Gasteiger partial charge is 0.237 e. The minimum atomic E-state index is -1.48. The summed E-state index contributed by atoms with van der Waals surface area (Å²) in [6.07, 6.45) is 1.37. The molecule has 136 valence electrons. The molecule has 0 spiro atoms. The molecule has 1 aliphatic heterocycles. The highest BCUT2D eigenvalue weighted by molar-refractivity contribution is 5.52. The highest BCUT2D eigenvalue weighted by Crippen LogP contribution is 2.26. The molecule has 25 heavy (non-hydrogen) atoms. The van der Waals surface area contributed by atoms with E-state index in [2.05, 4.69) is 30.8 Å². The van der Waals surface area contributed by atoms with Crippen molar-refractivity contribution in [1.29, 1.82) is 0 Å². The Morgan fingerprint density at radius 3 is 3.00 bits per heavy atom. The number of ether oxygens (including phenoxy) is 2. The Labute approximate surface area is 143 Å². The van der Waals surface area contributed by atoms with Gasteiger partial charge in [0.1, 0.15) is 11.9 Å². The molecule has 3 N–H and O–H groups in total. The number of halogens is 2. The van der Waals surface area contributed by atoms with E-state index in [0.29, 0.717) is 24.6 Å². The van der Waals surface area contributed by atoms with Crippen LogP contribution in [0.25, 0.3) is 0 Å². The summed E-state index contributed by atoms with van der Waals surface area (Å²) in [5.74, 6) is 1.14. The number of anilines is 2. The van der Waals surface area contributed by atoms with E-state index in [1.54, 1.807) is 0 Å². The van der Waals surface area contributed by atoms with Crippen LogP contribution in [0.4, 0.5) is 20.4 Å². The first kappa shape index (κ1) is 17.3. The first-order valence-electron chi connectivity index (χ1n) is 7.94. The van der Waals surface area contributed by atoms with Crippen molar-refractivity contribution in [3.8, 4) is 11.8 Å². The molecule has 0 saturated carbocycles. The molecule has 1 saturated heterocycles. The molecule has 0 bridgehead atoms. The Morgan fingerprint density at radius 1 is 1.40 bits per heavy atom. The van der Waals surface area contributed by atoms with E-state index < -0.39 is 18.1 Å². The molecule has 1 aliphatic rings. The standard InChI is InChI=1S/C15H20F2N6O2/c1-9(16)24-13-5-11(22-23-13)20-12-6-19-7-14(21-12)25-10-3-4-18-8-15(10,2)17/h5-7,9-10,18H,3-4,8H2,1-2H3,(H2,20,21,22,23)/t9?,10-,15-/m1/s1. The van der Waals surface area contributed by atoms with Gasteiger partial charge in [0.15, 0.2) is 11.5 Å². The number of H-pyrrole nitrogens is 1. The van der Waals surface area contributed by atoms with E-state index in [9.17, 15) is 8.78 Å². The molecule has 3 heterocycles. The minimum absolute atomic E-state index is 0.112. The number of hydrogen-bond acceptors (Lipinski definition) is 7. The molecule has 0 radical (unpaired) electrons. The third-order valence-electron chi connectivity index (χ3n) is 3.70. The summed E-state index contributed by atoms with van der Waals surface area (Å²) in [5, 5.41) is 12.4. The maximum atomic E-state index is 14.5. The van der Waals surface area contributed by atoms with E-state index in [0.717, 1.165) is 0 Å². The van der Waals surface area contributed by atoms with Crippen LogP contribution in [0.1, 0.15) is 20.3 Å². The average Bonchev–Trinajstić information content (AvgIpc) is 2.96. The van der Waals surface area contributed by atoms with Crippen molar-refractivity contribution in [3.05, 3.63) is 18.5 Å². The number of nitrogens with one attached hydrogen (secondary N) is 3. The van der Waals surface area contributed by atoms with Gasteiger partial charge >= 0.3 is 0 Å². The zero-order valence-corrected chi connectivity index (χ0v) is 13.9. The lowest BCUT2D eigenvalue weighted by Crippen LogP contribution is -2.53. The molecule has 0 amide bonds. The van der Waals surface area contributed by atoms with Crippen LogP contribution in [0.3, 0.4) is 0 Å². The van der Waals surface area contributed by atoms with E-state index in [1.807, 2.05) is 0 Å². The van der Waals surface area contributed by atoms with Crippen LogP contribution in [0.5, 0.6) is 11.8 Å². The fraction of sp³-hybridized carbons (Fsp3) is 0.533. The number of rotatable bonds is 6. The summed E-state index contributed by atoms with van der Waals surface area (Å²) in [6.45, 7) is 3.66. The molecule has 3 rings (SSSR count). The monoisotopic (exact) mass is 354 g/mol. The van der Waals surface area contributed by atoms with E-state index in [4.69, 9.17) is 9.47 Å². The Morgan fingerprint density at radius 2 is 2.24 bits per heavy atom. The lowest BCUT2D eigenvalue weighted by atomic mass is 9.95. The molecule has 10 heteroatoms. The maximum Gasteiger partial charge on any atom is 0.237 e. The van der Waals surface area contributed by atoms with Crippen molar-refractivity contribution in [2.24, 2.45) is 0 Å². The summed E-state index contributed by atoms with van der Waals surface area (Å²) in [6, 6.07) is 1.48. The van der Waals surface area contributed by atoms with Gasteiger partial charge in [0.25, 0.3) is 0 Å². The Bertz CT molecular complexity index is 709. The number of nitrogens with zero attached hydrogens (tertiary/aromatic N) is 3. The van der Waals surface area contributed by atoms with E-state index in [1.165, 1.54) is 32.3 Å². The summed E-state index contributed by atoms with van der Waals surface area (Å²) in [4.78, 5) is 8.29. The number of alkyl halides is 2. The van der Waals surface area contributed by atoms with Crippen molar-refractivity contribution in [3.63, 3.8) is 0 Å². The second-order valence-electron chi connectivity index (χ2n) is 6.00. The molecule has 0 aromatic carbocycles. The number of aromatic nitrogens is 4. The van der Waals surface area contributed by atoms with Crippen LogP contribution in [0.15, 0.2) is 18.5 Å². The molecule has 2 aromatic rings. The molecule has 3 atom stereocenters. The van der Waals surface area contributed by atoms with Gasteiger partial charge in [-0.2, -0.15) is 4.98 Å². The van der Waals surface area contributed by atoms with Crippen molar-refractivity contribution in [1.82, 2.24) is 25.5 Å². The van der Waals surface area contributed by atoms with Crippen LogP contribution in [0, 0.1) is 0 Å². The normalized spacial score (nSPS) is 24.6. The minimum Gasteiger partial charge on any atom is -0.470 e. The first-order valence-corrected chi connectivity index (χ1v) is 7.94. The van der Waals surface area contributed by atoms with Gasteiger partial charge in [-0.25, -0.2) is 8.78 Å². The quantitative estimate of drug-likeness (QED) is 0.731. The number of aromatic amines is 1. The zero-order valence-electron chi connectivity index (χ0n) is 13.9. The second-order valence-corrected chi connectivity index (χ2v) is 6.00. The highest BCUT2D eigenvalue weighted by atomic mass is 19.1. The number of piperidine rings is 1. The van der Waals surface area contributed by atoms with Crippen LogP contribution in [0.2, 0.25) is 0 Å². The van der Waals surface area contributed by atoms with E-state index in [-0.39, 0.29) is 18.3 Å².